The van der Waals surface area contributed by atoms with Crippen LogP contribution in [-0.4, -0.2) is 24.3 Å². The SMILES string of the molecule is CC(=O)CN(C)Cc1cccc(Br)c1. The van der Waals surface area contributed by atoms with E-state index in [2.05, 4.69) is 28.1 Å². The molecular weight excluding hydrogens is 242 g/mol. The number of carbonyl (C=O) groups is 1. The van der Waals surface area contributed by atoms with Crippen molar-refractivity contribution in [3.63, 3.8) is 0 Å². The van der Waals surface area contributed by atoms with Crippen LogP contribution in [0.1, 0.15) is 12.5 Å². The van der Waals surface area contributed by atoms with Crippen LogP contribution in [-0.2, 0) is 11.3 Å². The van der Waals surface area contributed by atoms with E-state index in [4.69, 9.17) is 0 Å². The maximum absolute atomic E-state index is 10.9. The second-order valence-corrected chi connectivity index (χ2v) is 4.42. The van der Waals surface area contributed by atoms with E-state index in [9.17, 15) is 4.79 Å². The number of benzene rings is 1. The van der Waals surface area contributed by atoms with E-state index in [0.717, 1.165) is 11.0 Å². The van der Waals surface area contributed by atoms with Crippen LogP contribution in [0.2, 0.25) is 0 Å². The Kier molecular flexibility index (Phi) is 4.29. The lowest BCUT2D eigenvalue weighted by atomic mass is 10.2. The standard InChI is InChI=1S/C11H14BrNO/c1-9(14)7-13(2)8-10-4-3-5-11(12)6-10/h3-6H,7-8H2,1-2H3. The highest BCUT2D eigenvalue weighted by Gasteiger charge is 2.02. The molecule has 3 heteroatoms. The van der Waals surface area contributed by atoms with Gasteiger partial charge in [-0.1, -0.05) is 28.1 Å². The lowest BCUT2D eigenvalue weighted by molar-refractivity contribution is -0.117. The van der Waals surface area contributed by atoms with Crippen molar-refractivity contribution in [3.05, 3.63) is 34.3 Å². The Morgan fingerprint density at radius 3 is 2.79 bits per heavy atom. The van der Waals surface area contributed by atoms with Gasteiger partial charge in [0.15, 0.2) is 0 Å². The molecule has 0 aliphatic heterocycles. The highest BCUT2D eigenvalue weighted by Crippen LogP contribution is 2.12. The summed E-state index contributed by atoms with van der Waals surface area (Å²) in [6.45, 7) is 2.92. The highest BCUT2D eigenvalue weighted by molar-refractivity contribution is 9.10. The predicted octanol–water partition coefficient (Wildman–Crippen LogP) is 2.47. The van der Waals surface area contributed by atoms with Crippen molar-refractivity contribution in [2.24, 2.45) is 0 Å². The minimum absolute atomic E-state index is 0.197. The number of ketones is 1. The number of rotatable bonds is 4. The van der Waals surface area contributed by atoms with Crippen LogP contribution >= 0.6 is 15.9 Å². The maximum Gasteiger partial charge on any atom is 0.143 e. The number of carbonyl (C=O) groups excluding carboxylic acids is 1. The van der Waals surface area contributed by atoms with Crippen LogP contribution in [0.15, 0.2) is 28.7 Å². The van der Waals surface area contributed by atoms with Crippen molar-refractivity contribution in [2.45, 2.75) is 13.5 Å². The summed E-state index contributed by atoms with van der Waals surface area (Å²) >= 11 is 3.42. The van der Waals surface area contributed by atoms with Gasteiger partial charge in [0.2, 0.25) is 0 Å². The van der Waals surface area contributed by atoms with Crippen molar-refractivity contribution in [1.29, 1.82) is 0 Å². The molecule has 0 aliphatic rings. The van der Waals surface area contributed by atoms with E-state index >= 15 is 0 Å². The average molecular weight is 256 g/mol. The molecule has 76 valence electrons. The molecule has 0 N–H and O–H groups in total. The summed E-state index contributed by atoms with van der Waals surface area (Å²) in [4.78, 5) is 12.9. The molecule has 0 amide bonds. The molecule has 0 aromatic heterocycles. The first-order valence-corrected chi connectivity index (χ1v) is 5.29. The lowest BCUT2D eigenvalue weighted by Crippen LogP contribution is -2.23. The highest BCUT2D eigenvalue weighted by atomic mass is 79.9. The molecule has 0 spiro atoms. The monoisotopic (exact) mass is 255 g/mol. The molecule has 2 nitrogen and oxygen atoms in total. The zero-order valence-electron chi connectivity index (χ0n) is 8.46. The summed E-state index contributed by atoms with van der Waals surface area (Å²) < 4.78 is 1.08. The van der Waals surface area contributed by atoms with Crippen molar-refractivity contribution in [1.82, 2.24) is 4.90 Å². The molecule has 1 aromatic rings. The summed E-state index contributed by atoms with van der Waals surface area (Å²) in [5, 5.41) is 0. The second kappa shape index (κ2) is 5.27. The van der Waals surface area contributed by atoms with Gasteiger partial charge in [-0.2, -0.15) is 0 Å². The third-order valence-electron chi connectivity index (χ3n) is 1.83. The molecule has 0 bridgehead atoms. The molecule has 0 unspecified atom stereocenters. The fraction of sp³-hybridized carbons (Fsp3) is 0.364. The van der Waals surface area contributed by atoms with Gasteiger partial charge in [-0.05, 0) is 31.7 Å². The van der Waals surface area contributed by atoms with Crippen LogP contribution in [0.3, 0.4) is 0 Å². The zero-order valence-corrected chi connectivity index (χ0v) is 10.0. The van der Waals surface area contributed by atoms with E-state index in [1.807, 2.05) is 24.1 Å². The normalized spacial score (nSPS) is 10.6. The summed E-state index contributed by atoms with van der Waals surface area (Å²) in [6.07, 6.45) is 0. The maximum atomic E-state index is 10.9. The molecule has 0 radical (unpaired) electrons. The Morgan fingerprint density at radius 2 is 2.21 bits per heavy atom. The molecule has 1 aromatic carbocycles. The van der Waals surface area contributed by atoms with Crippen LogP contribution in [0.25, 0.3) is 0 Å². The molecule has 0 aliphatic carbocycles. The third-order valence-corrected chi connectivity index (χ3v) is 2.33. The molecule has 0 heterocycles. The summed E-state index contributed by atoms with van der Waals surface area (Å²) in [5.74, 6) is 0.197. The van der Waals surface area contributed by atoms with Crippen LogP contribution in [0, 0.1) is 0 Å². The van der Waals surface area contributed by atoms with E-state index in [1.54, 1.807) is 6.92 Å². The molecule has 0 fully saturated rings. The number of nitrogens with zero attached hydrogens (tertiary/aromatic N) is 1. The molecule has 0 saturated carbocycles. The molecule has 1 rings (SSSR count). The summed E-state index contributed by atoms with van der Waals surface area (Å²) in [7, 11) is 1.95. The van der Waals surface area contributed by atoms with Crippen LogP contribution in [0.5, 0.6) is 0 Å². The van der Waals surface area contributed by atoms with Gasteiger partial charge in [-0.25, -0.2) is 0 Å². The third kappa shape index (κ3) is 4.03. The van der Waals surface area contributed by atoms with Gasteiger partial charge in [-0.3, -0.25) is 9.69 Å². The van der Waals surface area contributed by atoms with Gasteiger partial charge < -0.3 is 0 Å². The number of Topliss-reactive ketones (excluding diaryl/α,β-unsaturated/α-hetero) is 1. The molecule has 0 saturated heterocycles. The smallest absolute Gasteiger partial charge is 0.143 e. The number of likely N-dealkylation sites (N-methyl/N-ethyl adjacent to an activating group) is 1. The minimum atomic E-state index is 0.197. The Labute approximate surface area is 93.0 Å². The van der Waals surface area contributed by atoms with E-state index < -0.39 is 0 Å². The van der Waals surface area contributed by atoms with Gasteiger partial charge in [0, 0.05) is 11.0 Å². The Bertz CT molecular complexity index is 325. The van der Waals surface area contributed by atoms with Crippen LogP contribution < -0.4 is 0 Å². The van der Waals surface area contributed by atoms with Gasteiger partial charge in [0.1, 0.15) is 5.78 Å². The van der Waals surface area contributed by atoms with Gasteiger partial charge in [0.05, 0.1) is 6.54 Å². The molecule has 14 heavy (non-hydrogen) atoms. The second-order valence-electron chi connectivity index (χ2n) is 3.50. The van der Waals surface area contributed by atoms with Crippen LogP contribution in [0.4, 0.5) is 0 Å². The summed E-state index contributed by atoms with van der Waals surface area (Å²) in [5.41, 5.74) is 1.21. The molecule has 0 atom stereocenters. The first-order valence-electron chi connectivity index (χ1n) is 4.50. The first kappa shape index (κ1) is 11.4. The van der Waals surface area contributed by atoms with E-state index in [-0.39, 0.29) is 5.78 Å². The van der Waals surface area contributed by atoms with Crippen molar-refractivity contribution in [3.8, 4) is 0 Å². The fourth-order valence-electron chi connectivity index (χ4n) is 1.38. The largest absolute Gasteiger partial charge is 0.299 e. The Hall–Kier alpha value is -0.670. The van der Waals surface area contributed by atoms with Gasteiger partial charge in [0.25, 0.3) is 0 Å². The van der Waals surface area contributed by atoms with E-state index in [0.29, 0.717) is 6.54 Å². The van der Waals surface area contributed by atoms with Crippen molar-refractivity contribution >= 4 is 21.7 Å². The number of halogens is 1. The number of hydrogen-bond acceptors (Lipinski definition) is 2. The number of hydrogen-bond donors (Lipinski definition) is 0. The van der Waals surface area contributed by atoms with Crippen molar-refractivity contribution < 1.29 is 4.79 Å². The first-order chi connectivity index (χ1) is 6.58. The quantitative estimate of drug-likeness (QED) is 0.824. The molecular formula is C11H14BrNO. The van der Waals surface area contributed by atoms with Gasteiger partial charge >= 0.3 is 0 Å². The predicted molar refractivity (Wildman–Crippen MR) is 61.2 cm³/mol. The lowest BCUT2D eigenvalue weighted by Gasteiger charge is -2.14. The zero-order chi connectivity index (χ0) is 10.6. The average Bonchev–Trinajstić information content (AvgIpc) is 2.01. The van der Waals surface area contributed by atoms with Crippen molar-refractivity contribution in [2.75, 3.05) is 13.6 Å². The Morgan fingerprint density at radius 1 is 1.50 bits per heavy atom. The van der Waals surface area contributed by atoms with E-state index in [1.165, 1.54) is 5.56 Å². The Balaban J connectivity index is 2.55. The topological polar surface area (TPSA) is 20.3 Å². The summed E-state index contributed by atoms with van der Waals surface area (Å²) in [6, 6.07) is 8.12. The minimum Gasteiger partial charge on any atom is -0.299 e. The van der Waals surface area contributed by atoms with Gasteiger partial charge in [-0.15, -0.1) is 0 Å². The fourth-order valence-corrected chi connectivity index (χ4v) is 1.83.